The predicted molar refractivity (Wildman–Crippen MR) is 215 cm³/mol. The quantitative estimate of drug-likeness (QED) is 0.181. The second-order valence-electron chi connectivity index (χ2n) is 13.7. The van der Waals surface area contributed by atoms with Crippen LogP contribution in [0.5, 0.6) is 0 Å². The van der Waals surface area contributed by atoms with Crippen LogP contribution < -0.4 is 0 Å². The highest BCUT2D eigenvalue weighted by Crippen LogP contribution is 2.48. The van der Waals surface area contributed by atoms with Crippen LogP contribution in [0, 0.1) is 0 Å². The van der Waals surface area contributed by atoms with Gasteiger partial charge < -0.3 is 13.5 Å². The Bertz CT molecular complexity index is 3340. The molecule has 0 unspecified atom stereocenters. The van der Waals surface area contributed by atoms with Gasteiger partial charge in [0.15, 0.2) is 0 Å². The van der Waals surface area contributed by atoms with Gasteiger partial charge in [-0.25, -0.2) is 0 Å². The Morgan fingerprint density at radius 2 is 0.863 bits per heavy atom. The summed E-state index contributed by atoms with van der Waals surface area (Å²) in [6.07, 6.45) is 0. The van der Waals surface area contributed by atoms with Crippen molar-refractivity contribution in [2.75, 3.05) is 0 Å². The van der Waals surface area contributed by atoms with Gasteiger partial charge in [0, 0.05) is 54.5 Å². The lowest BCUT2D eigenvalue weighted by atomic mass is 9.96. The molecule has 0 atom stereocenters. The molecular formula is C48H29N3. The summed E-state index contributed by atoms with van der Waals surface area (Å²) >= 11 is 0. The SMILES string of the molecule is c1ccc(-n2c3ccccc3c3cc(-c4cccc5c4c4cc6c7ccccc7n7c8ccccc8c(c4n5-c4ccccc4)c67)ccc32)cc1. The maximum absolute atomic E-state index is 2.51. The minimum atomic E-state index is 1.17. The summed E-state index contributed by atoms with van der Waals surface area (Å²) in [7, 11) is 0. The summed E-state index contributed by atoms with van der Waals surface area (Å²) in [4.78, 5) is 0. The van der Waals surface area contributed by atoms with E-state index in [1.807, 2.05) is 0 Å². The van der Waals surface area contributed by atoms with Crippen molar-refractivity contribution >= 4 is 81.7 Å². The van der Waals surface area contributed by atoms with Crippen molar-refractivity contribution in [1.29, 1.82) is 0 Å². The monoisotopic (exact) mass is 647 g/mol. The fourth-order valence-corrected chi connectivity index (χ4v) is 9.14. The van der Waals surface area contributed by atoms with Gasteiger partial charge in [0.2, 0.25) is 0 Å². The molecule has 0 aliphatic carbocycles. The molecule has 3 nitrogen and oxygen atoms in total. The van der Waals surface area contributed by atoms with Gasteiger partial charge in [-0.05, 0) is 77.9 Å². The molecule has 0 amide bonds. The second kappa shape index (κ2) is 9.87. The van der Waals surface area contributed by atoms with E-state index >= 15 is 0 Å². The zero-order valence-electron chi connectivity index (χ0n) is 27.6. The number of benzene rings is 8. The van der Waals surface area contributed by atoms with E-state index in [0.29, 0.717) is 0 Å². The topological polar surface area (TPSA) is 14.3 Å². The van der Waals surface area contributed by atoms with Gasteiger partial charge in [0.1, 0.15) is 0 Å². The number of rotatable bonds is 3. The molecule has 51 heavy (non-hydrogen) atoms. The van der Waals surface area contributed by atoms with Crippen LogP contribution >= 0.6 is 0 Å². The number of hydrogen-bond donors (Lipinski definition) is 0. The number of aromatic nitrogens is 3. The molecule has 4 aromatic heterocycles. The molecule has 4 heterocycles. The van der Waals surface area contributed by atoms with Crippen LogP contribution in [0.15, 0.2) is 176 Å². The van der Waals surface area contributed by atoms with Crippen LogP contribution in [0.4, 0.5) is 0 Å². The van der Waals surface area contributed by atoms with Crippen LogP contribution in [-0.4, -0.2) is 13.5 Å². The first-order valence-corrected chi connectivity index (χ1v) is 17.6. The van der Waals surface area contributed by atoms with Crippen molar-refractivity contribution in [2.45, 2.75) is 0 Å². The van der Waals surface area contributed by atoms with Crippen LogP contribution in [0.2, 0.25) is 0 Å². The highest BCUT2D eigenvalue weighted by atomic mass is 15.0. The molecule has 0 saturated carbocycles. The number of para-hydroxylation sites is 5. The third kappa shape index (κ3) is 3.47. The first kappa shape index (κ1) is 27.0. The van der Waals surface area contributed by atoms with Crippen LogP contribution in [0.25, 0.3) is 104 Å². The van der Waals surface area contributed by atoms with Crippen molar-refractivity contribution < 1.29 is 0 Å². The number of fused-ring (bicyclic) bond motifs is 13. The van der Waals surface area contributed by atoms with Crippen molar-refractivity contribution in [3.63, 3.8) is 0 Å². The standard InChI is InChI=1S/C48H29N3/c1-3-14-31(15-4-1)49-40-22-10-7-18-34(40)37-28-30(26-27-43(37)49)33-21-13-25-44-45(33)39-29-38-35-19-8-11-23-41(35)51-42-24-12-9-20-36(42)46(47(38)51)48(39)50(44)32-16-5-2-6-17-32/h1-29H. The first-order chi connectivity index (χ1) is 25.3. The van der Waals surface area contributed by atoms with E-state index in [0.717, 1.165) is 0 Å². The molecule has 3 heteroatoms. The average molecular weight is 648 g/mol. The van der Waals surface area contributed by atoms with Gasteiger partial charge >= 0.3 is 0 Å². The fraction of sp³-hybridized carbons (Fsp3) is 0. The smallest absolute Gasteiger partial charge is 0.0642 e. The van der Waals surface area contributed by atoms with Crippen LogP contribution in [0.3, 0.4) is 0 Å². The van der Waals surface area contributed by atoms with E-state index in [-0.39, 0.29) is 0 Å². The van der Waals surface area contributed by atoms with Gasteiger partial charge in [0.05, 0.1) is 38.6 Å². The minimum absolute atomic E-state index is 1.17. The molecule has 0 radical (unpaired) electrons. The van der Waals surface area contributed by atoms with Gasteiger partial charge in [0.25, 0.3) is 0 Å². The van der Waals surface area contributed by atoms with Crippen LogP contribution in [-0.2, 0) is 0 Å². The Hall–Kier alpha value is -6.84. The third-order valence-corrected chi connectivity index (χ3v) is 11.1. The van der Waals surface area contributed by atoms with Gasteiger partial charge in [-0.3, -0.25) is 0 Å². The summed E-state index contributed by atoms with van der Waals surface area (Å²) in [6, 6.07) is 64.5. The molecule has 12 aromatic rings. The third-order valence-electron chi connectivity index (χ3n) is 11.1. The molecule has 0 spiro atoms. The minimum Gasteiger partial charge on any atom is -0.309 e. The van der Waals surface area contributed by atoms with E-state index in [1.54, 1.807) is 0 Å². The Morgan fingerprint density at radius 3 is 1.61 bits per heavy atom. The lowest BCUT2D eigenvalue weighted by Gasteiger charge is -2.10. The maximum Gasteiger partial charge on any atom is 0.0642 e. The summed E-state index contributed by atoms with van der Waals surface area (Å²) < 4.78 is 7.38. The van der Waals surface area contributed by atoms with E-state index in [9.17, 15) is 0 Å². The van der Waals surface area contributed by atoms with E-state index in [2.05, 4.69) is 189 Å². The number of hydrogen-bond acceptors (Lipinski definition) is 0. The highest BCUT2D eigenvalue weighted by Gasteiger charge is 2.25. The van der Waals surface area contributed by atoms with Crippen molar-refractivity contribution in [2.24, 2.45) is 0 Å². The van der Waals surface area contributed by atoms with Crippen molar-refractivity contribution in [1.82, 2.24) is 13.5 Å². The van der Waals surface area contributed by atoms with Crippen molar-refractivity contribution in [3.05, 3.63) is 176 Å². The second-order valence-corrected chi connectivity index (χ2v) is 13.7. The molecule has 0 aliphatic heterocycles. The maximum atomic E-state index is 2.51. The zero-order chi connectivity index (χ0) is 33.2. The molecule has 0 aliphatic rings. The first-order valence-electron chi connectivity index (χ1n) is 17.6. The molecule has 0 N–H and O–H groups in total. The van der Waals surface area contributed by atoms with Gasteiger partial charge in [-0.2, -0.15) is 0 Å². The normalized spacial score (nSPS) is 12.3. The summed E-state index contributed by atoms with van der Waals surface area (Å²) in [5.41, 5.74) is 13.5. The summed E-state index contributed by atoms with van der Waals surface area (Å²) in [5, 5.41) is 10.3. The Labute approximate surface area is 292 Å². The lowest BCUT2D eigenvalue weighted by molar-refractivity contribution is 1.18. The van der Waals surface area contributed by atoms with Gasteiger partial charge in [-0.1, -0.05) is 109 Å². The molecule has 236 valence electrons. The highest BCUT2D eigenvalue weighted by molar-refractivity contribution is 6.35. The van der Waals surface area contributed by atoms with Gasteiger partial charge in [-0.15, -0.1) is 0 Å². The molecule has 8 aromatic carbocycles. The predicted octanol–water partition coefficient (Wildman–Crippen LogP) is 12.7. The van der Waals surface area contributed by atoms with E-state index in [1.165, 1.54) is 104 Å². The largest absolute Gasteiger partial charge is 0.309 e. The fourth-order valence-electron chi connectivity index (χ4n) is 9.14. The van der Waals surface area contributed by atoms with E-state index < -0.39 is 0 Å². The molecular weight excluding hydrogens is 619 g/mol. The zero-order valence-corrected chi connectivity index (χ0v) is 27.6. The van der Waals surface area contributed by atoms with Crippen LogP contribution in [0.1, 0.15) is 0 Å². The molecule has 12 rings (SSSR count). The molecule has 0 fully saturated rings. The molecule has 0 saturated heterocycles. The van der Waals surface area contributed by atoms with Crippen molar-refractivity contribution in [3.8, 4) is 22.5 Å². The Morgan fingerprint density at radius 1 is 0.294 bits per heavy atom. The summed E-state index contributed by atoms with van der Waals surface area (Å²) in [6.45, 7) is 0. The molecule has 0 bridgehead atoms. The van der Waals surface area contributed by atoms with E-state index in [4.69, 9.17) is 0 Å². The average Bonchev–Trinajstić information content (AvgIpc) is 3.92. The Kier molecular flexibility index (Phi) is 5.23. The Balaban J connectivity index is 1.26. The lowest BCUT2D eigenvalue weighted by Crippen LogP contribution is -1.94. The number of nitrogens with zero attached hydrogens (tertiary/aromatic N) is 3. The summed E-state index contributed by atoms with van der Waals surface area (Å²) in [5.74, 6) is 0.